The number of nitrogens with one attached hydrogen (secondary N) is 12. The molecule has 4 aliphatic heterocycles. The number of carbonyl (C=O) groups excluding carboxylic acids is 11. The number of methoxy groups -OCH3 is 1. The SMILES string of the molecule is C=C(NC(=O)c1csc([C@H]2CC[C@]34NC(=O)[C@H](C)NC(=O)C(=C)NC(=O)[C@@H](C)NC(=O)[C@@H](C(C)C)N[C@@H]5C=Cc6c([C@@H](C)O)cc(nc6[C@H]5O)C(=O)O[C@@H](C)[C@H](NC(=S)c5csc(n5)[C@@H]([C@@](C)(O)[C@H](C)O)NC(=O)[C@H]5CSC(=N5)C(=CC)NC(=O)[C@H]([C@H](C)O)NC(=O)c5csc3n5)c3nc(cs3)[C@H]4N2)n1)C(=O)NC(=C)C(=O)OC. The Kier molecular flexibility index (Phi) is 27.3. The van der Waals surface area contributed by atoms with E-state index in [-0.39, 0.29) is 94.0 Å². The van der Waals surface area contributed by atoms with Gasteiger partial charge in [-0.1, -0.05) is 64.0 Å². The quantitative estimate of drug-likeness (QED) is 0.0505. The van der Waals surface area contributed by atoms with E-state index in [2.05, 4.69) is 103 Å². The van der Waals surface area contributed by atoms with Crippen molar-refractivity contribution in [3.8, 4) is 0 Å². The smallest absolute Gasteiger partial charge is 0.357 e. The molecule has 5 aliphatic rings. The highest BCUT2D eigenvalue weighted by molar-refractivity contribution is 8.14. The summed E-state index contributed by atoms with van der Waals surface area (Å²) in [5.41, 5.74) is -6.03. The molecule has 17 N–H and O–H groups in total. The Balaban J connectivity index is 1.16. The van der Waals surface area contributed by atoms with Crippen LogP contribution < -0.4 is 63.8 Å². The predicted molar refractivity (Wildman–Crippen MR) is 423 cm³/mol. The molecule has 0 unspecified atom stereocenters. The number of aliphatic hydroxyl groups is 5. The number of amides is 9. The number of thioether (sulfide) groups is 1. The fraction of sp³-hybridized carbons (Fsp3) is 0.444. The van der Waals surface area contributed by atoms with Gasteiger partial charge in [-0.25, -0.2) is 34.5 Å². The van der Waals surface area contributed by atoms with Crippen LogP contribution in [0.3, 0.4) is 0 Å². The topological polar surface area (TPSA) is 529 Å². The number of aliphatic hydroxyl groups excluding tert-OH is 4. The molecule has 608 valence electrons. The molecule has 10 rings (SSSR count). The number of ether oxygens (including phenoxy) is 2. The fourth-order valence-electron chi connectivity index (χ4n) is 12.6. The number of fused-ring (bicyclic) bond motifs is 7. The molecule has 1 saturated heterocycles. The fourth-order valence-corrected chi connectivity index (χ4v) is 17.8. The lowest BCUT2D eigenvalue weighted by Crippen LogP contribution is -2.61. The minimum absolute atomic E-state index is 0.0118. The number of nitrogens with zero attached hydrogens (tertiary/aromatic N) is 6. The van der Waals surface area contributed by atoms with E-state index in [1.165, 1.54) is 76.7 Å². The molecule has 114 heavy (non-hydrogen) atoms. The molecule has 1 fully saturated rings. The van der Waals surface area contributed by atoms with Crippen molar-refractivity contribution in [1.82, 2.24) is 88.7 Å². The number of thiazole rings is 4. The molecule has 13 bridgehead atoms. The molecule has 5 aromatic rings. The molecule has 17 atom stereocenters. The average Bonchev–Trinajstić information content (AvgIpc) is 1.45. The second-order valence-electron chi connectivity index (χ2n) is 28.0. The third-order valence-electron chi connectivity index (χ3n) is 19.3. The molecule has 0 spiro atoms. The van der Waals surface area contributed by atoms with Gasteiger partial charge < -0.3 is 88.2 Å². The highest BCUT2D eigenvalue weighted by atomic mass is 32.2. The number of cyclic esters (lactones) is 1. The number of thiocarbonyl (C=S) groups is 1. The Hall–Kier alpha value is -9.83. The number of hydrogen-bond acceptors (Lipinski definition) is 32. The van der Waals surface area contributed by atoms with Crippen molar-refractivity contribution in [3.63, 3.8) is 0 Å². The molecule has 0 radical (unpaired) electrons. The minimum Gasteiger partial charge on any atom is -0.464 e. The summed E-state index contributed by atoms with van der Waals surface area (Å²) in [6.07, 6.45) is -2.97. The summed E-state index contributed by atoms with van der Waals surface area (Å²) in [5, 5.41) is 97.6. The Morgan fingerprint density at radius 1 is 0.763 bits per heavy atom. The number of carbonyl (C=O) groups is 11. The van der Waals surface area contributed by atoms with Gasteiger partial charge in [-0.2, -0.15) is 0 Å². The molecule has 9 heterocycles. The van der Waals surface area contributed by atoms with E-state index in [1.54, 1.807) is 38.3 Å². The lowest BCUT2D eigenvalue weighted by Gasteiger charge is -2.46. The van der Waals surface area contributed by atoms with Crippen molar-refractivity contribution >= 4 is 151 Å². The van der Waals surface area contributed by atoms with E-state index in [1.807, 2.05) is 0 Å². The summed E-state index contributed by atoms with van der Waals surface area (Å²) in [6, 6.07) is -11.7. The van der Waals surface area contributed by atoms with E-state index < -0.39 is 196 Å². The van der Waals surface area contributed by atoms with Crippen LogP contribution >= 0.6 is 69.3 Å². The summed E-state index contributed by atoms with van der Waals surface area (Å²) in [6.45, 7) is 25.2. The largest absolute Gasteiger partial charge is 0.464 e. The van der Waals surface area contributed by atoms with Crippen LogP contribution in [0.4, 0.5) is 0 Å². The Labute approximate surface area is 678 Å². The van der Waals surface area contributed by atoms with Gasteiger partial charge in [-0.05, 0) is 85.8 Å². The molecule has 0 saturated carbocycles. The van der Waals surface area contributed by atoms with E-state index in [0.29, 0.717) is 0 Å². The van der Waals surface area contributed by atoms with Gasteiger partial charge in [0, 0.05) is 32.8 Å². The summed E-state index contributed by atoms with van der Waals surface area (Å²) in [4.78, 5) is 184. The zero-order valence-corrected chi connectivity index (χ0v) is 68.2. The standard InChI is InChI=1S/C72H86N18O18S6/c1-15-38-64-83-44(23-110-64)60(101)89-53(71(13,106)35(12)93)67-85-46(25-113-67)63(109)88-49-34(11)108-69(105)41-20-37(32(9)91)36-16-17-39(51(94)50(36)79-41)78-47(26(2)3)61(102)76-29(6)55(96)73-27(4)54(95)74-30(7)57(98)90-72(70-86-45(24-114-70)59(100)87-48(33(10)92)62(103)81-38)19-18-40(80-52(72)42-21-112-66(49)82-42)65-84-43(22-111-65)58(99)75-28(5)56(97)77-31(8)68(104)107-14/h15-17,20-22,24-26,29-30,32-35,39-40,44,47-49,51-53,78,80,91-94,106H,4-5,8,18-19,23H2,1-3,6-7,9-14H3,(H,73,96)(H,74,95)(H,75,99)(H,76,102)(H,77,97)(H,81,103)(H,87,100)(H,88,109)(H,89,101)(H,90,98)/t29-,30+,32-,33+,34+,35+,39-,40-,44-,47-,48+,49+,51+,52-,53+,71+,72-/m1/s1. The first kappa shape index (κ1) is 86.6. The average molecular weight is 1680 g/mol. The van der Waals surface area contributed by atoms with E-state index in [4.69, 9.17) is 31.9 Å². The van der Waals surface area contributed by atoms with E-state index in [0.717, 1.165) is 64.2 Å². The van der Waals surface area contributed by atoms with Gasteiger partial charge in [0.25, 0.3) is 23.6 Å². The number of hydrogen-bond donors (Lipinski definition) is 17. The number of rotatable bonds is 11. The third kappa shape index (κ3) is 18.9. The van der Waals surface area contributed by atoms with Crippen LogP contribution in [0, 0.1) is 5.92 Å². The molecule has 5 aromatic heterocycles. The van der Waals surface area contributed by atoms with E-state index >= 15 is 9.59 Å². The van der Waals surface area contributed by atoms with Crippen LogP contribution in [-0.4, -0.2) is 199 Å². The van der Waals surface area contributed by atoms with Gasteiger partial charge in [-0.3, -0.25) is 58.8 Å². The molecule has 36 nitrogen and oxygen atoms in total. The minimum atomic E-state index is -2.14. The number of pyridine rings is 1. The second-order valence-corrected chi connectivity index (χ2v) is 33.0. The monoisotopic (exact) mass is 1680 g/mol. The number of aromatic nitrogens is 5. The molecule has 1 aliphatic carbocycles. The Morgan fingerprint density at radius 3 is 2.13 bits per heavy atom. The van der Waals surface area contributed by atoms with Crippen LogP contribution in [-0.2, 0) is 53.4 Å². The summed E-state index contributed by atoms with van der Waals surface area (Å²) < 4.78 is 11.0. The predicted octanol–water partition coefficient (Wildman–Crippen LogP) is 1.45. The van der Waals surface area contributed by atoms with Crippen LogP contribution in [0.15, 0.2) is 87.3 Å². The van der Waals surface area contributed by atoms with Crippen molar-refractivity contribution in [3.05, 3.63) is 148 Å². The Bertz CT molecular complexity index is 4810. The number of piperidine rings is 1. The highest BCUT2D eigenvalue weighted by Crippen LogP contribution is 2.49. The van der Waals surface area contributed by atoms with Gasteiger partial charge in [0.2, 0.25) is 29.5 Å². The Morgan fingerprint density at radius 2 is 1.46 bits per heavy atom. The number of esters is 2. The maximum absolute atomic E-state index is 15.4. The lowest BCUT2D eigenvalue weighted by molar-refractivity contribution is -0.137. The molecule has 42 heteroatoms. The maximum Gasteiger partial charge on any atom is 0.357 e. The first-order valence-electron chi connectivity index (χ1n) is 35.6. The lowest BCUT2D eigenvalue weighted by atomic mass is 9.78. The molecular formula is C72H86N18O18S6. The van der Waals surface area contributed by atoms with Crippen molar-refractivity contribution in [2.24, 2.45) is 10.9 Å². The van der Waals surface area contributed by atoms with Gasteiger partial charge >= 0.3 is 11.9 Å². The molecular weight excluding hydrogens is 1600 g/mol. The van der Waals surface area contributed by atoms with Crippen LogP contribution in [0.25, 0.3) is 6.08 Å². The van der Waals surface area contributed by atoms with Crippen molar-refractivity contribution in [2.45, 2.75) is 184 Å². The number of allylic oxidation sites excluding steroid dienone is 1. The maximum atomic E-state index is 15.4. The summed E-state index contributed by atoms with van der Waals surface area (Å²) in [7, 11) is 1.07. The van der Waals surface area contributed by atoms with Crippen molar-refractivity contribution < 1.29 is 87.7 Å². The summed E-state index contributed by atoms with van der Waals surface area (Å²) >= 11 is 11.0. The van der Waals surface area contributed by atoms with Crippen LogP contribution in [0.1, 0.15) is 198 Å². The molecule has 9 amide bonds. The first-order valence-corrected chi connectivity index (χ1v) is 40.5. The van der Waals surface area contributed by atoms with Gasteiger partial charge in [0.05, 0.1) is 78.1 Å². The van der Waals surface area contributed by atoms with E-state index in [9.17, 15) is 68.7 Å². The van der Waals surface area contributed by atoms with Gasteiger partial charge in [0.15, 0.2) is 0 Å². The number of aliphatic imine (C=N–C) groups is 1. The second kappa shape index (κ2) is 35.9. The zero-order chi connectivity index (χ0) is 83.4. The first-order chi connectivity index (χ1) is 53.7. The van der Waals surface area contributed by atoms with Crippen molar-refractivity contribution in [2.75, 3.05) is 12.9 Å². The third-order valence-corrected chi connectivity index (χ3v) is 24.6. The zero-order valence-electron chi connectivity index (χ0n) is 63.3. The normalized spacial score (nSPS) is 27.3. The van der Waals surface area contributed by atoms with Crippen molar-refractivity contribution in [1.29, 1.82) is 0 Å². The molecule has 0 aromatic carbocycles. The van der Waals surface area contributed by atoms with Crippen LogP contribution in [0.2, 0.25) is 0 Å². The van der Waals surface area contributed by atoms with Gasteiger partial charge in [0.1, 0.15) is 118 Å². The summed E-state index contributed by atoms with van der Waals surface area (Å²) in [5.74, 6) is -10.7. The van der Waals surface area contributed by atoms with Crippen LogP contribution in [0.5, 0.6) is 0 Å². The highest BCUT2D eigenvalue weighted by Gasteiger charge is 2.52. The van der Waals surface area contributed by atoms with Gasteiger partial charge in [-0.15, -0.1) is 57.1 Å².